The van der Waals surface area contributed by atoms with E-state index in [2.05, 4.69) is 21.3 Å². The molecule has 0 aromatic carbocycles. The van der Waals surface area contributed by atoms with E-state index in [1.54, 1.807) is 0 Å². The summed E-state index contributed by atoms with van der Waals surface area (Å²) in [5.74, 6) is -4.21. The van der Waals surface area contributed by atoms with Gasteiger partial charge in [0.05, 0.1) is 6.04 Å². The summed E-state index contributed by atoms with van der Waals surface area (Å²) in [6.45, 7) is 8.16. The minimum absolute atomic E-state index is 0.00248. The molecule has 0 bridgehead atoms. The molecule has 11 nitrogen and oxygen atoms in total. The van der Waals surface area contributed by atoms with Crippen LogP contribution in [-0.2, 0) is 24.0 Å². The Morgan fingerprint density at radius 3 is 2.09 bits per heavy atom. The van der Waals surface area contributed by atoms with Crippen molar-refractivity contribution >= 4 is 29.7 Å². The zero-order chi connectivity index (χ0) is 25.1. The van der Waals surface area contributed by atoms with Crippen LogP contribution in [0.3, 0.4) is 0 Å². The Hall–Kier alpha value is -2.69. The van der Waals surface area contributed by atoms with Gasteiger partial charge in [-0.3, -0.25) is 19.2 Å². The van der Waals surface area contributed by atoms with Crippen LogP contribution in [0.25, 0.3) is 0 Å². The number of carboxylic acids is 2. The highest BCUT2D eigenvalue weighted by Crippen LogP contribution is 2.13. The molecular weight excluding hydrogens is 432 g/mol. The summed E-state index contributed by atoms with van der Waals surface area (Å²) in [7, 11) is 0. The number of rotatable bonds is 14. The smallest absolute Gasteiger partial charge is 0.326 e. The first-order valence-corrected chi connectivity index (χ1v) is 11.5. The van der Waals surface area contributed by atoms with Crippen molar-refractivity contribution in [2.24, 2.45) is 11.8 Å². The Bertz CT molecular complexity index is 707. The molecule has 0 aromatic rings. The summed E-state index contributed by atoms with van der Waals surface area (Å²) in [6.07, 6.45) is 1.73. The second-order valence-corrected chi connectivity index (χ2v) is 9.04. The monoisotopic (exact) mass is 470 g/mol. The summed E-state index contributed by atoms with van der Waals surface area (Å²) in [5.41, 5.74) is 0. The third-order valence-electron chi connectivity index (χ3n) is 5.77. The lowest BCUT2D eigenvalue weighted by molar-refractivity contribution is -0.143. The highest BCUT2D eigenvalue weighted by molar-refractivity contribution is 5.94. The lowest BCUT2D eigenvalue weighted by atomic mass is 9.96. The summed E-state index contributed by atoms with van der Waals surface area (Å²) in [6, 6.07) is -3.63. The standard InChI is InChI=1S/C22H38N4O7/c1-5-13(4)18(26-19(29)14-7-6-10-23-14)21(31)25-16(11-12(2)3)20(30)24-15(22(32)33)8-9-17(27)28/h12-16,18,23H,5-11H2,1-4H3,(H,24,30)(H,25,31)(H,26,29)(H,27,28)(H,32,33). The van der Waals surface area contributed by atoms with Gasteiger partial charge in [0, 0.05) is 6.42 Å². The van der Waals surface area contributed by atoms with Gasteiger partial charge in [-0.2, -0.15) is 0 Å². The van der Waals surface area contributed by atoms with Crippen molar-refractivity contribution in [3.8, 4) is 0 Å². The van der Waals surface area contributed by atoms with Crippen molar-refractivity contribution in [2.45, 2.75) is 90.4 Å². The number of hydrogen-bond donors (Lipinski definition) is 6. The zero-order valence-corrected chi connectivity index (χ0v) is 19.8. The van der Waals surface area contributed by atoms with Gasteiger partial charge in [0.1, 0.15) is 18.1 Å². The third-order valence-corrected chi connectivity index (χ3v) is 5.77. The van der Waals surface area contributed by atoms with Gasteiger partial charge in [0.15, 0.2) is 0 Å². The van der Waals surface area contributed by atoms with E-state index in [4.69, 9.17) is 5.11 Å². The lowest BCUT2D eigenvalue weighted by Crippen LogP contribution is -2.58. The molecule has 188 valence electrons. The Labute approximate surface area is 194 Å². The fourth-order valence-corrected chi connectivity index (χ4v) is 3.63. The van der Waals surface area contributed by atoms with Crippen LogP contribution in [-0.4, -0.2) is 70.6 Å². The minimum atomic E-state index is -1.39. The van der Waals surface area contributed by atoms with Crippen molar-refractivity contribution in [2.75, 3.05) is 6.54 Å². The van der Waals surface area contributed by atoms with Gasteiger partial charge in [0.25, 0.3) is 0 Å². The molecule has 5 unspecified atom stereocenters. The number of aliphatic carboxylic acids is 2. The largest absolute Gasteiger partial charge is 0.481 e. The topological polar surface area (TPSA) is 174 Å². The molecule has 0 aliphatic carbocycles. The number of carbonyl (C=O) groups excluding carboxylic acids is 3. The molecule has 11 heteroatoms. The number of amides is 3. The first kappa shape index (κ1) is 28.3. The van der Waals surface area contributed by atoms with Crippen LogP contribution in [0.4, 0.5) is 0 Å². The van der Waals surface area contributed by atoms with Gasteiger partial charge in [-0.15, -0.1) is 0 Å². The van der Waals surface area contributed by atoms with Gasteiger partial charge in [-0.25, -0.2) is 4.79 Å². The van der Waals surface area contributed by atoms with Gasteiger partial charge >= 0.3 is 11.9 Å². The van der Waals surface area contributed by atoms with E-state index >= 15 is 0 Å². The summed E-state index contributed by atoms with van der Waals surface area (Å²) >= 11 is 0. The van der Waals surface area contributed by atoms with Crippen molar-refractivity contribution in [3.63, 3.8) is 0 Å². The predicted molar refractivity (Wildman–Crippen MR) is 120 cm³/mol. The molecule has 0 spiro atoms. The van der Waals surface area contributed by atoms with E-state index in [0.717, 1.165) is 13.0 Å². The van der Waals surface area contributed by atoms with E-state index in [9.17, 15) is 29.1 Å². The fourth-order valence-electron chi connectivity index (χ4n) is 3.63. The molecule has 1 rings (SSSR count). The molecule has 0 aromatic heterocycles. The maximum atomic E-state index is 13.1. The molecule has 1 aliphatic rings. The molecule has 3 amide bonds. The summed E-state index contributed by atoms with van der Waals surface area (Å²) < 4.78 is 0. The van der Waals surface area contributed by atoms with E-state index in [-0.39, 0.29) is 36.6 Å². The number of hydrogen-bond acceptors (Lipinski definition) is 6. The molecule has 0 radical (unpaired) electrons. The van der Waals surface area contributed by atoms with Crippen LogP contribution in [0, 0.1) is 11.8 Å². The normalized spacial score (nSPS) is 19.2. The number of carbonyl (C=O) groups is 5. The SMILES string of the molecule is CCC(C)C(NC(=O)C1CCCN1)C(=O)NC(CC(C)C)C(=O)NC(CCC(=O)O)C(=O)O. The first-order valence-electron chi connectivity index (χ1n) is 11.5. The third kappa shape index (κ3) is 9.77. The molecule has 1 fully saturated rings. The predicted octanol–water partition coefficient (Wildman–Crippen LogP) is 0.234. The Morgan fingerprint density at radius 1 is 0.970 bits per heavy atom. The highest BCUT2D eigenvalue weighted by Gasteiger charge is 2.33. The second-order valence-electron chi connectivity index (χ2n) is 9.04. The van der Waals surface area contributed by atoms with Crippen molar-refractivity contribution in [3.05, 3.63) is 0 Å². The Kier molecular flexibility index (Phi) is 11.8. The van der Waals surface area contributed by atoms with Crippen LogP contribution >= 0.6 is 0 Å². The van der Waals surface area contributed by atoms with E-state index in [1.807, 2.05) is 27.7 Å². The Balaban J connectivity index is 2.93. The van der Waals surface area contributed by atoms with Crippen molar-refractivity contribution < 1.29 is 34.2 Å². The lowest BCUT2D eigenvalue weighted by Gasteiger charge is -2.28. The van der Waals surface area contributed by atoms with Crippen molar-refractivity contribution in [1.29, 1.82) is 0 Å². The molecule has 6 N–H and O–H groups in total. The van der Waals surface area contributed by atoms with Gasteiger partial charge < -0.3 is 31.5 Å². The highest BCUT2D eigenvalue weighted by atomic mass is 16.4. The second kappa shape index (κ2) is 13.8. The van der Waals surface area contributed by atoms with E-state index < -0.39 is 48.3 Å². The molecular formula is C22H38N4O7. The van der Waals surface area contributed by atoms with Crippen molar-refractivity contribution in [1.82, 2.24) is 21.3 Å². The van der Waals surface area contributed by atoms with E-state index in [1.165, 1.54) is 0 Å². The Morgan fingerprint density at radius 2 is 1.61 bits per heavy atom. The number of carboxylic acid groups (broad SMARTS) is 2. The first-order chi connectivity index (χ1) is 15.5. The van der Waals surface area contributed by atoms with Crippen LogP contribution in [0.5, 0.6) is 0 Å². The zero-order valence-electron chi connectivity index (χ0n) is 19.8. The quantitative estimate of drug-likeness (QED) is 0.209. The summed E-state index contributed by atoms with van der Waals surface area (Å²) in [5, 5.41) is 29.0. The van der Waals surface area contributed by atoms with Gasteiger partial charge in [0.2, 0.25) is 17.7 Å². The molecule has 1 saturated heterocycles. The average molecular weight is 471 g/mol. The number of nitrogens with one attached hydrogen (secondary N) is 4. The maximum Gasteiger partial charge on any atom is 0.326 e. The maximum absolute atomic E-state index is 13.1. The average Bonchev–Trinajstić information content (AvgIpc) is 3.27. The van der Waals surface area contributed by atoms with Gasteiger partial charge in [-0.1, -0.05) is 34.1 Å². The molecule has 0 saturated carbocycles. The fraction of sp³-hybridized carbons (Fsp3) is 0.773. The van der Waals surface area contributed by atoms with Crippen LogP contribution in [0.1, 0.15) is 66.2 Å². The molecule has 33 heavy (non-hydrogen) atoms. The summed E-state index contributed by atoms with van der Waals surface area (Å²) in [4.78, 5) is 60.8. The molecule has 1 aliphatic heterocycles. The minimum Gasteiger partial charge on any atom is -0.481 e. The molecule has 1 heterocycles. The van der Waals surface area contributed by atoms with E-state index in [0.29, 0.717) is 12.8 Å². The molecule has 5 atom stereocenters. The van der Waals surface area contributed by atoms with Crippen LogP contribution in [0.2, 0.25) is 0 Å². The van der Waals surface area contributed by atoms with Gasteiger partial charge in [-0.05, 0) is 44.1 Å². The van der Waals surface area contributed by atoms with Crippen LogP contribution < -0.4 is 21.3 Å². The van der Waals surface area contributed by atoms with Crippen LogP contribution in [0.15, 0.2) is 0 Å².